The molecule has 4 aliphatic heterocycles. The molecule has 1 spiro atoms. The zero-order valence-electron chi connectivity index (χ0n) is 41.0. The van der Waals surface area contributed by atoms with Crippen LogP contribution in [0.3, 0.4) is 0 Å². The lowest BCUT2D eigenvalue weighted by Crippen LogP contribution is -2.58. The highest BCUT2D eigenvalue weighted by Gasteiger charge is 2.59. The van der Waals surface area contributed by atoms with E-state index < -0.39 is 32.8 Å². The molecule has 0 bridgehead atoms. The average Bonchev–Trinajstić information content (AvgIpc) is 3.84. The van der Waals surface area contributed by atoms with Crippen molar-refractivity contribution in [2.24, 2.45) is 5.41 Å². The van der Waals surface area contributed by atoms with E-state index in [2.05, 4.69) is 47.0 Å². The van der Waals surface area contributed by atoms with Gasteiger partial charge in [-0.05, 0) is 84.6 Å². The molecule has 0 N–H and O–H groups in total. The Labute approximate surface area is 405 Å². The fourth-order valence-corrected chi connectivity index (χ4v) is 10.5. The fraction of sp³-hybridized carbons (Fsp3) is 0.462. The molecular weight excluding hydrogens is 901 g/mol. The lowest BCUT2D eigenvalue weighted by atomic mass is 10.0. The van der Waals surface area contributed by atoms with Gasteiger partial charge >= 0.3 is 12.2 Å². The quantitative estimate of drug-likeness (QED) is 0.0763. The monoisotopic (exact) mass is 964 g/mol. The number of benzene rings is 3. The molecule has 4 heterocycles. The van der Waals surface area contributed by atoms with Crippen molar-refractivity contribution in [2.45, 2.75) is 89.3 Å². The van der Waals surface area contributed by atoms with Gasteiger partial charge in [-0.3, -0.25) is 14.5 Å². The highest BCUT2D eigenvalue weighted by molar-refractivity contribution is 6.74. The van der Waals surface area contributed by atoms with E-state index in [1.54, 1.807) is 36.3 Å². The molecule has 5 aliphatic rings. The van der Waals surface area contributed by atoms with Crippen LogP contribution >= 0.6 is 0 Å². The van der Waals surface area contributed by atoms with Crippen molar-refractivity contribution in [1.82, 2.24) is 9.80 Å². The summed E-state index contributed by atoms with van der Waals surface area (Å²) in [6.45, 7) is 19.1. The Kier molecular flexibility index (Phi) is 13.8. The number of hydrogen-bond donors (Lipinski definition) is 0. The van der Waals surface area contributed by atoms with Crippen LogP contribution in [-0.2, 0) is 13.9 Å². The predicted octanol–water partition coefficient (Wildman–Crippen LogP) is 9.44. The summed E-state index contributed by atoms with van der Waals surface area (Å²) in [6, 6.07) is 13.4. The average molecular weight is 965 g/mol. The van der Waals surface area contributed by atoms with E-state index >= 15 is 0 Å². The van der Waals surface area contributed by atoms with E-state index in [0.29, 0.717) is 60.2 Å². The maximum Gasteiger partial charge on any atom is 0.416 e. The van der Waals surface area contributed by atoms with Gasteiger partial charge in [-0.15, -0.1) is 0 Å². The summed E-state index contributed by atoms with van der Waals surface area (Å²) < 4.78 is 48.0. The zero-order valence-corrected chi connectivity index (χ0v) is 42.0. The second kappa shape index (κ2) is 19.5. The van der Waals surface area contributed by atoms with Crippen molar-refractivity contribution in [1.29, 1.82) is 0 Å². The third kappa shape index (κ3) is 9.63. The van der Waals surface area contributed by atoms with E-state index in [0.717, 1.165) is 29.7 Å². The summed E-state index contributed by atoms with van der Waals surface area (Å²) in [5.41, 5.74) is 3.04. The third-order valence-corrected chi connectivity index (χ3v) is 18.7. The number of methoxy groups -OCH3 is 3. The molecule has 17 heteroatoms. The van der Waals surface area contributed by atoms with Gasteiger partial charge in [0.15, 0.2) is 37.5 Å². The van der Waals surface area contributed by atoms with Crippen LogP contribution in [-0.4, -0.2) is 121 Å². The molecule has 0 aromatic heterocycles. The minimum atomic E-state index is -2.55. The van der Waals surface area contributed by atoms with Crippen molar-refractivity contribution in [3.63, 3.8) is 0 Å². The number of carbonyl (C=O) groups excluding carboxylic acids is 4. The van der Waals surface area contributed by atoms with E-state index in [9.17, 15) is 19.2 Å². The maximum absolute atomic E-state index is 14.7. The van der Waals surface area contributed by atoms with Gasteiger partial charge in [0.2, 0.25) is 0 Å². The van der Waals surface area contributed by atoms with Crippen LogP contribution in [0.25, 0.3) is 5.57 Å². The molecule has 3 atom stereocenters. The molecule has 1 saturated carbocycles. The number of carbonyl (C=O) groups is 4. The van der Waals surface area contributed by atoms with Crippen LogP contribution in [0.5, 0.6) is 28.7 Å². The molecule has 0 radical (unpaired) electrons. The van der Waals surface area contributed by atoms with Gasteiger partial charge in [-0.1, -0.05) is 58.2 Å². The van der Waals surface area contributed by atoms with Crippen LogP contribution < -0.4 is 33.5 Å². The molecule has 1 aliphatic carbocycles. The molecule has 16 nitrogen and oxygen atoms in total. The Morgan fingerprint density at radius 1 is 0.797 bits per heavy atom. The van der Waals surface area contributed by atoms with Crippen molar-refractivity contribution < 1.29 is 56.8 Å². The summed E-state index contributed by atoms with van der Waals surface area (Å²) in [4.78, 5) is 63.6. The Hall–Kier alpha value is -6.46. The molecule has 69 heavy (non-hydrogen) atoms. The van der Waals surface area contributed by atoms with Gasteiger partial charge in [0.25, 0.3) is 11.8 Å². The van der Waals surface area contributed by atoms with Crippen molar-refractivity contribution >= 4 is 49.3 Å². The standard InChI is InChI=1S/C52H64N4O12Si/c1-11-20-66-49(59)54-31-35-24-34(33-14-16-36(61-6)17-15-33)30-53(35)46(57)37-25-42(62-7)44(27-39(37)54)64-22-13-23-65-45-28-40-38(26-43(45)63-8)47(58)55-32-52(18-19-52)29-41(55)48(56(40)50(60)67-21-12-2)68-69(9,10)51(3,4)5/h11-12,14-17,25-28,30,35,41,48H,1-2,13,18-24,29,31-32H2,3-10H3/t35-,41-,48?/m0/s1. The van der Waals surface area contributed by atoms with Crippen LogP contribution in [0.2, 0.25) is 18.1 Å². The highest BCUT2D eigenvalue weighted by atomic mass is 28.4. The number of anilines is 2. The highest BCUT2D eigenvalue weighted by Crippen LogP contribution is 2.58. The lowest BCUT2D eigenvalue weighted by Gasteiger charge is -2.44. The molecule has 8 rings (SSSR count). The zero-order chi connectivity index (χ0) is 49.4. The summed E-state index contributed by atoms with van der Waals surface area (Å²) in [7, 11) is 2.04. The molecule has 368 valence electrons. The second-order valence-corrected chi connectivity index (χ2v) is 24.5. The molecule has 3 aromatic carbocycles. The maximum atomic E-state index is 14.7. The Bertz CT molecular complexity index is 2530. The number of ether oxygens (including phenoxy) is 7. The molecule has 3 aromatic rings. The molecule has 4 amide bonds. The first kappa shape index (κ1) is 49.0. The number of fused-ring (bicyclic) bond motifs is 4. The lowest BCUT2D eigenvalue weighted by molar-refractivity contribution is 0.0528. The van der Waals surface area contributed by atoms with E-state index in [4.69, 9.17) is 37.6 Å². The van der Waals surface area contributed by atoms with E-state index in [1.165, 1.54) is 36.2 Å². The summed E-state index contributed by atoms with van der Waals surface area (Å²) in [6.07, 6.45) is 6.32. The first-order valence-corrected chi connectivity index (χ1v) is 26.4. The number of hydrogen-bond acceptors (Lipinski definition) is 12. The number of nitrogens with zero attached hydrogens (tertiary/aromatic N) is 4. The Morgan fingerprint density at radius 2 is 1.39 bits per heavy atom. The predicted molar refractivity (Wildman–Crippen MR) is 263 cm³/mol. The van der Waals surface area contributed by atoms with Gasteiger partial charge in [0, 0.05) is 31.3 Å². The van der Waals surface area contributed by atoms with Crippen LogP contribution in [0.1, 0.15) is 79.2 Å². The minimum absolute atomic E-state index is 0.00737. The number of amides is 4. The molecule has 1 unspecified atom stereocenters. The van der Waals surface area contributed by atoms with Crippen molar-refractivity contribution in [2.75, 3.05) is 70.6 Å². The summed E-state index contributed by atoms with van der Waals surface area (Å²) >= 11 is 0. The SMILES string of the molecule is C=CCOC(=O)N1C[C@@H]2CC(c3ccc(OC)cc3)=CN2C(=O)c2cc(OC)c(OCCCOc3cc4c(cc3OC)C(=O)N3CC5(CC5)C[C@H]3C(O[Si](C)(C)C(C)(C)C)N4C(=O)OCC=C)cc21. The molecule has 2 fully saturated rings. The van der Waals surface area contributed by atoms with Crippen molar-refractivity contribution in [3.05, 3.63) is 96.7 Å². The Morgan fingerprint density at radius 3 is 1.96 bits per heavy atom. The van der Waals surface area contributed by atoms with Crippen LogP contribution in [0.4, 0.5) is 21.0 Å². The van der Waals surface area contributed by atoms with Crippen LogP contribution in [0.15, 0.2) is 80.0 Å². The van der Waals surface area contributed by atoms with Gasteiger partial charge in [0.1, 0.15) is 19.0 Å². The minimum Gasteiger partial charge on any atom is -0.497 e. The molecular formula is C52H64N4O12Si. The molecule has 1 saturated heterocycles. The number of rotatable bonds is 16. The van der Waals surface area contributed by atoms with E-state index in [1.807, 2.05) is 35.4 Å². The Balaban J connectivity index is 1.04. The third-order valence-electron chi connectivity index (χ3n) is 14.2. The largest absolute Gasteiger partial charge is 0.497 e. The topological polar surface area (TPSA) is 155 Å². The first-order chi connectivity index (χ1) is 33.0. The fourth-order valence-electron chi connectivity index (χ4n) is 9.30. The van der Waals surface area contributed by atoms with Crippen LogP contribution in [0, 0.1) is 5.41 Å². The van der Waals surface area contributed by atoms with Gasteiger partial charge in [-0.25, -0.2) is 14.5 Å². The van der Waals surface area contributed by atoms with Gasteiger partial charge in [0.05, 0.1) is 75.7 Å². The van der Waals surface area contributed by atoms with E-state index in [-0.39, 0.29) is 72.4 Å². The first-order valence-electron chi connectivity index (χ1n) is 23.4. The normalized spacial score (nSPS) is 20.1. The van der Waals surface area contributed by atoms with Gasteiger partial charge in [-0.2, -0.15) is 0 Å². The summed E-state index contributed by atoms with van der Waals surface area (Å²) in [5.74, 6) is 1.43. The second-order valence-electron chi connectivity index (χ2n) is 19.7. The summed E-state index contributed by atoms with van der Waals surface area (Å²) in [5, 5.41) is -0.200. The van der Waals surface area contributed by atoms with Gasteiger partial charge < -0.3 is 47.4 Å². The smallest absolute Gasteiger partial charge is 0.416 e. The van der Waals surface area contributed by atoms with Crippen molar-refractivity contribution in [3.8, 4) is 28.7 Å².